The fourth-order valence-electron chi connectivity index (χ4n) is 0.987. The summed E-state index contributed by atoms with van der Waals surface area (Å²) in [4.78, 5) is 22.8. The Kier molecular flexibility index (Phi) is 2.61. The van der Waals surface area contributed by atoms with Gasteiger partial charge < -0.3 is 10.1 Å². The van der Waals surface area contributed by atoms with Gasteiger partial charge in [0.1, 0.15) is 5.54 Å². The van der Waals surface area contributed by atoms with Gasteiger partial charge in [-0.1, -0.05) is 0 Å². The molecule has 6 nitrogen and oxygen atoms in total. The van der Waals surface area contributed by atoms with Gasteiger partial charge >= 0.3 is 6.03 Å². The van der Waals surface area contributed by atoms with Gasteiger partial charge in [0, 0.05) is 0 Å². The molecule has 3 amide bonds. The first-order valence-electron chi connectivity index (χ1n) is 3.90. The molecule has 0 unspecified atom stereocenters. The Morgan fingerprint density at radius 1 is 1.57 bits per heavy atom. The molecular formula is C7H11N3O3S. The van der Waals surface area contributed by atoms with Crippen molar-refractivity contribution in [3.8, 4) is 0 Å². The molecule has 1 aliphatic heterocycles. The van der Waals surface area contributed by atoms with Crippen LogP contribution in [0, 0.1) is 0 Å². The summed E-state index contributed by atoms with van der Waals surface area (Å²) in [7, 11) is 1.35. The predicted molar refractivity (Wildman–Crippen MR) is 52.2 cm³/mol. The molecule has 0 aromatic rings. The van der Waals surface area contributed by atoms with E-state index in [1.165, 1.54) is 7.11 Å². The van der Waals surface area contributed by atoms with Crippen molar-refractivity contribution in [3.05, 3.63) is 0 Å². The molecule has 0 spiro atoms. The first-order chi connectivity index (χ1) is 6.38. The van der Waals surface area contributed by atoms with Crippen LogP contribution in [0.25, 0.3) is 0 Å². The lowest BCUT2D eigenvalue weighted by Crippen LogP contribution is -2.47. The Morgan fingerprint density at radius 3 is 2.50 bits per heavy atom. The van der Waals surface area contributed by atoms with Crippen LogP contribution in [0.4, 0.5) is 4.79 Å². The van der Waals surface area contributed by atoms with Crippen LogP contribution in [-0.2, 0) is 9.53 Å². The monoisotopic (exact) mass is 217 g/mol. The second-order valence-electron chi connectivity index (χ2n) is 3.30. The summed E-state index contributed by atoms with van der Waals surface area (Å²) >= 11 is 4.67. The van der Waals surface area contributed by atoms with E-state index < -0.39 is 17.5 Å². The highest BCUT2D eigenvalue weighted by atomic mass is 32.1. The van der Waals surface area contributed by atoms with Crippen LogP contribution in [0.5, 0.6) is 0 Å². The summed E-state index contributed by atoms with van der Waals surface area (Å²) in [6.45, 7) is 3.20. The number of hydrogen-bond donors (Lipinski definition) is 2. The number of hydrazine groups is 1. The molecule has 1 heterocycles. The maximum absolute atomic E-state index is 11.6. The molecule has 0 atom stereocenters. The van der Waals surface area contributed by atoms with E-state index in [0.717, 1.165) is 5.01 Å². The Balaban J connectivity index is 2.76. The van der Waals surface area contributed by atoms with Gasteiger partial charge in [-0.2, -0.15) is 5.01 Å². The van der Waals surface area contributed by atoms with Crippen LogP contribution >= 0.6 is 12.2 Å². The van der Waals surface area contributed by atoms with Crippen LogP contribution < -0.4 is 10.7 Å². The van der Waals surface area contributed by atoms with E-state index in [1.807, 2.05) is 0 Å². The molecule has 78 valence electrons. The van der Waals surface area contributed by atoms with Crippen molar-refractivity contribution in [2.75, 3.05) is 7.11 Å². The normalized spacial score (nSPS) is 19.2. The van der Waals surface area contributed by atoms with Crippen molar-refractivity contribution in [1.82, 2.24) is 15.8 Å². The quantitative estimate of drug-likeness (QED) is 0.468. The third-order valence-corrected chi connectivity index (χ3v) is 2.01. The summed E-state index contributed by atoms with van der Waals surface area (Å²) in [5, 5.41) is 3.24. The molecule has 0 aromatic carbocycles. The van der Waals surface area contributed by atoms with E-state index in [2.05, 4.69) is 27.7 Å². The van der Waals surface area contributed by atoms with Crippen LogP contribution in [-0.4, -0.2) is 34.8 Å². The van der Waals surface area contributed by atoms with Crippen LogP contribution in [0.2, 0.25) is 0 Å². The number of amides is 3. The highest BCUT2D eigenvalue weighted by Gasteiger charge is 2.45. The SMILES string of the molecule is COC(=S)NN1C(=O)NC(C)(C)C1=O. The zero-order valence-electron chi connectivity index (χ0n) is 8.08. The Labute approximate surface area is 86.5 Å². The summed E-state index contributed by atoms with van der Waals surface area (Å²) < 4.78 is 4.62. The number of urea groups is 1. The zero-order chi connectivity index (χ0) is 10.9. The topological polar surface area (TPSA) is 70.7 Å². The minimum absolute atomic E-state index is 0.0359. The van der Waals surface area contributed by atoms with Gasteiger partial charge in [-0.05, 0) is 26.1 Å². The van der Waals surface area contributed by atoms with E-state index in [1.54, 1.807) is 13.8 Å². The van der Waals surface area contributed by atoms with Gasteiger partial charge in [-0.25, -0.2) is 10.2 Å². The first-order valence-corrected chi connectivity index (χ1v) is 4.30. The summed E-state index contributed by atoms with van der Waals surface area (Å²) in [6, 6.07) is -0.542. The molecule has 0 bridgehead atoms. The fourth-order valence-corrected chi connectivity index (χ4v) is 1.08. The van der Waals surface area contributed by atoms with Gasteiger partial charge in [-0.15, -0.1) is 0 Å². The van der Waals surface area contributed by atoms with Gasteiger partial charge in [0.15, 0.2) is 0 Å². The highest BCUT2D eigenvalue weighted by Crippen LogP contribution is 2.14. The Bertz CT molecular complexity index is 303. The van der Waals surface area contributed by atoms with Crippen LogP contribution in [0.15, 0.2) is 0 Å². The molecule has 7 heteroatoms. The van der Waals surface area contributed by atoms with E-state index in [0.29, 0.717) is 0 Å². The molecule has 0 radical (unpaired) electrons. The van der Waals surface area contributed by atoms with Crippen molar-refractivity contribution >= 4 is 29.3 Å². The second-order valence-corrected chi connectivity index (χ2v) is 3.67. The lowest BCUT2D eigenvalue weighted by Gasteiger charge is -2.16. The Morgan fingerprint density at radius 2 is 2.14 bits per heavy atom. The summed E-state index contributed by atoms with van der Waals surface area (Å²) in [5.41, 5.74) is 1.46. The predicted octanol–water partition coefficient (Wildman–Crippen LogP) is -0.247. The van der Waals surface area contributed by atoms with Crippen molar-refractivity contribution in [2.24, 2.45) is 0 Å². The van der Waals surface area contributed by atoms with Crippen molar-refractivity contribution in [3.63, 3.8) is 0 Å². The third-order valence-electron chi connectivity index (χ3n) is 1.75. The fraction of sp³-hybridized carbons (Fsp3) is 0.571. The molecule has 2 N–H and O–H groups in total. The van der Waals surface area contributed by atoms with Crippen LogP contribution in [0.3, 0.4) is 0 Å². The average Bonchev–Trinajstić information content (AvgIpc) is 2.28. The third kappa shape index (κ3) is 1.77. The second kappa shape index (κ2) is 3.41. The number of imide groups is 1. The van der Waals surface area contributed by atoms with Gasteiger partial charge in [0.2, 0.25) is 0 Å². The number of thiocarbonyl (C=S) groups is 1. The largest absolute Gasteiger partial charge is 0.473 e. The van der Waals surface area contributed by atoms with E-state index in [4.69, 9.17) is 0 Å². The number of ether oxygens (including phenoxy) is 1. The number of carbonyl (C=O) groups is 2. The maximum Gasteiger partial charge on any atom is 0.344 e. The number of nitrogens with zero attached hydrogens (tertiary/aromatic N) is 1. The first kappa shape index (κ1) is 10.7. The smallest absolute Gasteiger partial charge is 0.344 e. The summed E-state index contributed by atoms with van der Waals surface area (Å²) in [6.07, 6.45) is 0. The number of rotatable bonds is 1. The molecule has 1 saturated heterocycles. The molecule has 14 heavy (non-hydrogen) atoms. The lowest BCUT2D eigenvalue weighted by molar-refractivity contribution is -0.131. The lowest BCUT2D eigenvalue weighted by atomic mass is 10.1. The van der Waals surface area contributed by atoms with Crippen molar-refractivity contribution < 1.29 is 14.3 Å². The number of hydrogen-bond acceptors (Lipinski definition) is 4. The van der Waals surface area contributed by atoms with E-state index in [-0.39, 0.29) is 5.17 Å². The molecule has 1 aliphatic rings. The van der Waals surface area contributed by atoms with Crippen LogP contribution in [0.1, 0.15) is 13.8 Å². The molecule has 0 aliphatic carbocycles. The van der Waals surface area contributed by atoms with Crippen molar-refractivity contribution in [1.29, 1.82) is 0 Å². The number of carbonyl (C=O) groups excluding carboxylic acids is 2. The number of methoxy groups -OCH3 is 1. The molecule has 1 fully saturated rings. The van der Waals surface area contributed by atoms with Gasteiger partial charge in [0.05, 0.1) is 7.11 Å². The van der Waals surface area contributed by atoms with E-state index in [9.17, 15) is 9.59 Å². The summed E-state index contributed by atoms with van der Waals surface area (Å²) in [5.74, 6) is -0.401. The minimum atomic E-state index is -0.909. The molecule has 0 aromatic heterocycles. The molecular weight excluding hydrogens is 206 g/mol. The highest BCUT2D eigenvalue weighted by molar-refractivity contribution is 7.80. The zero-order valence-corrected chi connectivity index (χ0v) is 8.90. The van der Waals surface area contributed by atoms with Gasteiger partial charge in [-0.3, -0.25) is 4.79 Å². The standard InChI is InChI=1S/C7H11N3O3S/c1-7(2)4(11)10(5(12)8-7)9-6(14)13-3/h1-3H3,(H,8,12)(H,9,14). The van der Waals surface area contributed by atoms with Gasteiger partial charge in [0.25, 0.3) is 11.1 Å². The Hall–Kier alpha value is -1.37. The van der Waals surface area contributed by atoms with Crippen molar-refractivity contribution in [2.45, 2.75) is 19.4 Å². The van der Waals surface area contributed by atoms with E-state index >= 15 is 0 Å². The maximum atomic E-state index is 11.6. The number of nitrogens with one attached hydrogen (secondary N) is 2. The molecule has 0 saturated carbocycles. The molecule has 1 rings (SSSR count). The minimum Gasteiger partial charge on any atom is -0.473 e. The average molecular weight is 217 g/mol.